The highest BCUT2D eigenvalue weighted by Gasteiger charge is 2.28. The second-order valence-corrected chi connectivity index (χ2v) is 5.71. The smallest absolute Gasteiger partial charge is 0.254 e. The number of nitrogens with zero attached hydrogens (tertiary/aromatic N) is 1. The molecule has 1 aliphatic rings. The summed E-state index contributed by atoms with van der Waals surface area (Å²) in [7, 11) is 0. The summed E-state index contributed by atoms with van der Waals surface area (Å²) in [5, 5.41) is 0.606. The average molecular weight is 395 g/mol. The molecule has 1 aromatic rings. The maximum Gasteiger partial charge on any atom is 0.254 e. The van der Waals surface area contributed by atoms with E-state index in [2.05, 4.69) is 22.6 Å². The van der Waals surface area contributed by atoms with E-state index in [1.165, 1.54) is 0 Å². The van der Waals surface area contributed by atoms with Crippen LogP contribution in [0.1, 0.15) is 10.4 Å². The maximum absolute atomic E-state index is 12.3. The van der Waals surface area contributed by atoms with Crippen molar-refractivity contribution in [3.63, 3.8) is 0 Å². The number of carbonyl (C=O) groups excluding carboxylic acids is 2. The lowest BCUT2D eigenvalue weighted by molar-refractivity contribution is -0.133. The molecule has 0 bridgehead atoms. The molecule has 2 N–H and O–H groups in total. The summed E-state index contributed by atoms with van der Waals surface area (Å²) < 4.78 is 6.02. The van der Waals surface area contributed by atoms with Gasteiger partial charge in [-0.1, -0.05) is 11.6 Å². The normalized spacial score (nSPS) is 19.3. The van der Waals surface area contributed by atoms with Crippen molar-refractivity contribution < 1.29 is 14.3 Å². The van der Waals surface area contributed by atoms with Crippen LogP contribution in [-0.4, -0.2) is 42.5 Å². The minimum Gasteiger partial charge on any atom is -0.367 e. The summed E-state index contributed by atoms with van der Waals surface area (Å²) in [6.07, 6.45) is -0.732. The molecule has 1 aromatic carbocycles. The van der Waals surface area contributed by atoms with E-state index in [1.54, 1.807) is 23.1 Å². The third-order valence-electron chi connectivity index (χ3n) is 2.84. The summed E-state index contributed by atoms with van der Waals surface area (Å²) in [6.45, 7) is 0.944. The zero-order chi connectivity index (χ0) is 14.0. The third kappa shape index (κ3) is 3.37. The first-order chi connectivity index (χ1) is 8.99. The Bertz CT molecular complexity index is 524. The van der Waals surface area contributed by atoms with Gasteiger partial charge in [0.05, 0.1) is 18.2 Å². The Morgan fingerprint density at radius 1 is 1.47 bits per heavy atom. The van der Waals surface area contributed by atoms with Crippen LogP contribution in [0.15, 0.2) is 18.2 Å². The lowest BCUT2D eigenvalue weighted by atomic mass is 10.1. The van der Waals surface area contributed by atoms with Crippen LogP contribution in [0.2, 0.25) is 5.02 Å². The molecular formula is C12H12ClIN2O3. The second kappa shape index (κ2) is 6.06. The summed E-state index contributed by atoms with van der Waals surface area (Å²) in [5.74, 6) is -0.702. The molecule has 19 heavy (non-hydrogen) atoms. The van der Waals surface area contributed by atoms with E-state index in [0.717, 1.165) is 3.57 Å². The highest BCUT2D eigenvalue weighted by molar-refractivity contribution is 14.1. The number of halogens is 2. The van der Waals surface area contributed by atoms with Crippen LogP contribution in [0, 0.1) is 3.57 Å². The Kier molecular flexibility index (Phi) is 4.64. The molecular weight excluding hydrogens is 383 g/mol. The minimum atomic E-state index is -0.732. The Morgan fingerprint density at radius 3 is 2.84 bits per heavy atom. The molecule has 1 aliphatic heterocycles. The van der Waals surface area contributed by atoms with Gasteiger partial charge in [0.1, 0.15) is 0 Å². The minimum absolute atomic E-state index is 0.149. The Balaban J connectivity index is 2.14. The second-order valence-electron chi connectivity index (χ2n) is 4.14. The molecule has 0 radical (unpaired) electrons. The molecule has 0 aliphatic carbocycles. The predicted octanol–water partition coefficient (Wildman–Crippen LogP) is 1.27. The van der Waals surface area contributed by atoms with E-state index in [4.69, 9.17) is 22.1 Å². The fourth-order valence-corrected chi connectivity index (χ4v) is 2.45. The van der Waals surface area contributed by atoms with E-state index < -0.39 is 12.0 Å². The summed E-state index contributed by atoms with van der Waals surface area (Å²) >= 11 is 7.99. The molecule has 1 fully saturated rings. The lowest BCUT2D eigenvalue weighted by Gasteiger charge is -2.31. The molecule has 1 saturated heterocycles. The molecule has 5 nitrogen and oxygen atoms in total. The van der Waals surface area contributed by atoms with Crippen molar-refractivity contribution in [2.75, 3.05) is 19.7 Å². The highest BCUT2D eigenvalue weighted by atomic mass is 127. The predicted molar refractivity (Wildman–Crippen MR) is 79.0 cm³/mol. The fraction of sp³-hybridized carbons (Fsp3) is 0.333. The van der Waals surface area contributed by atoms with Crippen molar-refractivity contribution in [1.82, 2.24) is 4.90 Å². The number of amides is 2. The van der Waals surface area contributed by atoms with Gasteiger partial charge >= 0.3 is 0 Å². The van der Waals surface area contributed by atoms with Crippen LogP contribution >= 0.6 is 34.2 Å². The first-order valence-corrected chi connectivity index (χ1v) is 7.10. The van der Waals surface area contributed by atoms with E-state index in [1.807, 2.05) is 0 Å². The highest BCUT2D eigenvalue weighted by Crippen LogP contribution is 2.20. The van der Waals surface area contributed by atoms with Crippen LogP contribution in [0.3, 0.4) is 0 Å². The van der Waals surface area contributed by atoms with Crippen molar-refractivity contribution in [1.29, 1.82) is 0 Å². The lowest BCUT2D eigenvalue weighted by Crippen LogP contribution is -2.50. The maximum atomic E-state index is 12.3. The number of hydrogen-bond donors (Lipinski definition) is 1. The molecule has 1 heterocycles. The van der Waals surface area contributed by atoms with Gasteiger partial charge in [0.15, 0.2) is 6.10 Å². The van der Waals surface area contributed by atoms with E-state index in [0.29, 0.717) is 23.7 Å². The van der Waals surface area contributed by atoms with Gasteiger partial charge in [-0.2, -0.15) is 0 Å². The zero-order valence-electron chi connectivity index (χ0n) is 9.94. The first kappa shape index (κ1) is 14.5. The Labute approximate surface area is 129 Å². The van der Waals surface area contributed by atoms with E-state index in [9.17, 15) is 9.59 Å². The molecule has 102 valence electrons. The molecule has 2 rings (SSSR count). The van der Waals surface area contributed by atoms with E-state index in [-0.39, 0.29) is 12.5 Å². The quantitative estimate of drug-likeness (QED) is 0.768. The summed E-state index contributed by atoms with van der Waals surface area (Å²) in [6, 6.07) is 5.07. The van der Waals surface area contributed by atoms with Crippen molar-refractivity contribution >= 4 is 46.0 Å². The molecule has 0 spiro atoms. The number of nitrogens with two attached hydrogens (primary N) is 1. The van der Waals surface area contributed by atoms with Gasteiger partial charge in [-0.05, 0) is 40.8 Å². The van der Waals surface area contributed by atoms with Crippen molar-refractivity contribution in [2.45, 2.75) is 6.10 Å². The molecule has 0 aromatic heterocycles. The SMILES string of the molecule is NC(=O)C1CN(C(=O)c2ccc(Cl)c(I)c2)CCO1. The van der Waals surface area contributed by atoms with Crippen LogP contribution in [0.4, 0.5) is 0 Å². The third-order valence-corrected chi connectivity index (χ3v) is 4.38. The molecule has 7 heteroatoms. The fourth-order valence-electron chi connectivity index (χ4n) is 1.82. The van der Waals surface area contributed by atoms with E-state index >= 15 is 0 Å². The van der Waals surface area contributed by atoms with Gasteiger partial charge in [-0.3, -0.25) is 9.59 Å². The number of morpholine rings is 1. The van der Waals surface area contributed by atoms with Gasteiger partial charge in [0.25, 0.3) is 5.91 Å². The number of carbonyl (C=O) groups is 2. The number of ether oxygens (including phenoxy) is 1. The largest absolute Gasteiger partial charge is 0.367 e. The molecule has 0 saturated carbocycles. The van der Waals surface area contributed by atoms with Crippen molar-refractivity contribution in [3.05, 3.63) is 32.4 Å². The van der Waals surface area contributed by atoms with Gasteiger partial charge in [0, 0.05) is 15.7 Å². The topological polar surface area (TPSA) is 72.6 Å². The molecule has 1 atom stereocenters. The molecule has 1 unspecified atom stereocenters. The van der Waals surface area contributed by atoms with Crippen LogP contribution in [-0.2, 0) is 9.53 Å². The average Bonchev–Trinajstić information content (AvgIpc) is 2.41. The van der Waals surface area contributed by atoms with Gasteiger partial charge in [-0.25, -0.2) is 0 Å². The molecule has 2 amide bonds. The number of benzene rings is 1. The summed E-state index contributed by atoms with van der Waals surface area (Å²) in [4.78, 5) is 25.0. The van der Waals surface area contributed by atoms with Gasteiger partial charge in [0.2, 0.25) is 5.91 Å². The first-order valence-electron chi connectivity index (χ1n) is 5.64. The number of hydrogen-bond acceptors (Lipinski definition) is 3. The van der Waals surface area contributed by atoms with Crippen LogP contribution in [0.25, 0.3) is 0 Å². The van der Waals surface area contributed by atoms with Gasteiger partial charge < -0.3 is 15.4 Å². The standard InChI is InChI=1S/C12H12ClIN2O3/c13-8-2-1-7(5-9(8)14)12(18)16-3-4-19-10(6-16)11(15)17/h1-2,5,10H,3-4,6H2,(H2,15,17). The zero-order valence-corrected chi connectivity index (χ0v) is 12.8. The Hall–Kier alpha value is -0.860. The summed E-state index contributed by atoms with van der Waals surface area (Å²) in [5.41, 5.74) is 5.73. The van der Waals surface area contributed by atoms with Gasteiger partial charge in [-0.15, -0.1) is 0 Å². The van der Waals surface area contributed by atoms with Crippen molar-refractivity contribution in [2.24, 2.45) is 5.73 Å². The Morgan fingerprint density at radius 2 is 2.21 bits per heavy atom. The number of primary amides is 1. The van der Waals surface area contributed by atoms with Crippen LogP contribution < -0.4 is 5.73 Å². The monoisotopic (exact) mass is 394 g/mol. The van der Waals surface area contributed by atoms with Crippen molar-refractivity contribution in [3.8, 4) is 0 Å². The van der Waals surface area contributed by atoms with Crippen LogP contribution in [0.5, 0.6) is 0 Å². The number of rotatable bonds is 2.